The zero-order chi connectivity index (χ0) is 17.7. The molecule has 0 aromatic heterocycles. The summed E-state index contributed by atoms with van der Waals surface area (Å²) in [7, 11) is -3.59. The molecule has 0 unspecified atom stereocenters. The number of sulfonamides is 1. The molecular weight excluding hydrogens is 339 g/mol. The fraction of sp³-hybridized carbons (Fsp3) is 0.368. The van der Waals surface area contributed by atoms with Crippen molar-refractivity contribution in [1.82, 2.24) is 4.72 Å². The first-order valence-electron chi connectivity index (χ1n) is 8.58. The van der Waals surface area contributed by atoms with Crippen molar-refractivity contribution in [3.8, 4) is 0 Å². The highest BCUT2D eigenvalue weighted by molar-refractivity contribution is 7.88. The number of hydrogen-bond acceptors (Lipinski definition) is 3. The van der Waals surface area contributed by atoms with Crippen LogP contribution in [0.4, 0.5) is 10.1 Å². The van der Waals surface area contributed by atoms with Crippen molar-refractivity contribution in [3.63, 3.8) is 0 Å². The molecule has 0 radical (unpaired) electrons. The standard InChI is InChI=1S/C19H23FN2O2S/c20-19-7-3-2-6-17(19)15-25(23,24)21-14-16-8-10-18(11-9-16)22-12-4-1-5-13-22/h2-3,6-11,21H,1,4-5,12-15H2. The van der Waals surface area contributed by atoms with Gasteiger partial charge in [0.2, 0.25) is 10.0 Å². The molecule has 3 rings (SSSR count). The van der Waals surface area contributed by atoms with Gasteiger partial charge in [0.25, 0.3) is 0 Å². The molecular formula is C19H23FN2O2S. The molecule has 0 saturated carbocycles. The van der Waals surface area contributed by atoms with E-state index in [0.29, 0.717) is 0 Å². The van der Waals surface area contributed by atoms with Crippen LogP contribution in [0.3, 0.4) is 0 Å². The lowest BCUT2D eigenvalue weighted by atomic mass is 10.1. The van der Waals surface area contributed by atoms with Crippen LogP contribution in [-0.4, -0.2) is 21.5 Å². The van der Waals surface area contributed by atoms with Crippen molar-refractivity contribution in [2.45, 2.75) is 31.6 Å². The molecule has 6 heteroatoms. The summed E-state index contributed by atoms with van der Waals surface area (Å²) < 4.78 is 40.5. The van der Waals surface area contributed by atoms with Crippen LogP contribution >= 0.6 is 0 Å². The highest BCUT2D eigenvalue weighted by Crippen LogP contribution is 2.20. The molecule has 0 atom stereocenters. The van der Waals surface area contributed by atoms with Gasteiger partial charge in [0.1, 0.15) is 5.82 Å². The first-order chi connectivity index (χ1) is 12.0. The number of nitrogens with zero attached hydrogens (tertiary/aromatic N) is 1. The molecule has 1 saturated heterocycles. The van der Waals surface area contributed by atoms with E-state index in [1.807, 2.05) is 24.3 Å². The summed E-state index contributed by atoms with van der Waals surface area (Å²) in [6.07, 6.45) is 3.73. The van der Waals surface area contributed by atoms with Crippen LogP contribution in [0.15, 0.2) is 48.5 Å². The summed E-state index contributed by atoms with van der Waals surface area (Å²) >= 11 is 0. The van der Waals surface area contributed by atoms with Gasteiger partial charge in [-0.1, -0.05) is 30.3 Å². The number of benzene rings is 2. The van der Waals surface area contributed by atoms with Crippen molar-refractivity contribution in [2.75, 3.05) is 18.0 Å². The summed E-state index contributed by atoms with van der Waals surface area (Å²) in [5, 5.41) is 0. The summed E-state index contributed by atoms with van der Waals surface area (Å²) in [5.74, 6) is -0.857. The van der Waals surface area contributed by atoms with E-state index in [4.69, 9.17) is 0 Å². The average molecular weight is 362 g/mol. The van der Waals surface area contributed by atoms with Gasteiger partial charge >= 0.3 is 0 Å². The Morgan fingerprint density at radius 3 is 2.32 bits per heavy atom. The molecule has 2 aromatic rings. The van der Waals surface area contributed by atoms with Crippen LogP contribution in [0, 0.1) is 5.82 Å². The summed E-state index contributed by atoms with van der Waals surface area (Å²) in [6, 6.07) is 13.9. The summed E-state index contributed by atoms with van der Waals surface area (Å²) in [6.45, 7) is 2.36. The Bertz CT molecular complexity index is 800. The zero-order valence-electron chi connectivity index (χ0n) is 14.1. The molecule has 0 spiro atoms. The van der Waals surface area contributed by atoms with Crippen LogP contribution in [0.5, 0.6) is 0 Å². The quantitative estimate of drug-likeness (QED) is 0.856. The molecule has 0 aliphatic carbocycles. The number of hydrogen-bond donors (Lipinski definition) is 1. The van der Waals surface area contributed by atoms with Gasteiger partial charge in [-0.25, -0.2) is 17.5 Å². The first-order valence-corrected chi connectivity index (χ1v) is 10.2. The molecule has 1 aliphatic rings. The van der Waals surface area contributed by atoms with Crippen molar-refractivity contribution in [3.05, 3.63) is 65.5 Å². The van der Waals surface area contributed by atoms with Gasteiger partial charge in [0, 0.05) is 30.9 Å². The summed E-state index contributed by atoms with van der Waals surface area (Å²) in [5.41, 5.74) is 2.24. The Balaban J connectivity index is 1.58. The Hall–Kier alpha value is -1.92. The van der Waals surface area contributed by atoms with Gasteiger partial charge in [-0.15, -0.1) is 0 Å². The van der Waals surface area contributed by atoms with Crippen molar-refractivity contribution in [2.24, 2.45) is 0 Å². The van der Waals surface area contributed by atoms with Crippen molar-refractivity contribution >= 4 is 15.7 Å². The Morgan fingerprint density at radius 2 is 1.64 bits per heavy atom. The second-order valence-electron chi connectivity index (χ2n) is 6.39. The second kappa shape index (κ2) is 7.97. The molecule has 0 amide bonds. The van der Waals surface area contributed by atoms with E-state index in [1.54, 1.807) is 12.1 Å². The second-order valence-corrected chi connectivity index (χ2v) is 8.19. The largest absolute Gasteiger partial charge is 0.372 e. The normalized spacial score (nSPS) is 15.3. The highest BCUT2D eigenvalue weighted by atomic mass is 32.2. The number of halogens is 1. The van der Waals surface area contributed by atoms with Crippen LogP contribution in [0.2, 0.25) is 0 Å². The maximum atomic E-state index is 13.6. The molecule has 1 heterocycles. The lowest BCUT2D eigenvalue weighted by Crippen LogP contribution is -2.29. The molecule has 1 N–H and O–H groups in total. The fourth-order valence-corrected chi connectivity index (χ4v) is 4.17. The third-order valence-corrected chi connectivity index (χ3v) is 5.73. The van der Waals surface area contributed by atoms with Gasteiger partial charge in [-0.3, -0.25) is 0 Å². The topological polar surface area (TPSA) is 49.4 Å². The molecule has 134 valence electrons. The van der Waals surface area contributed by atoms with Gasteiger partial charge in [-0.05, 0) is 43.0 Å². The van der Waals surface area contributed by atoms with E-state index in [0.717, 1.165) is 18.7 Å². The van der Waals surface area contributed by atoms with E-state index in [-0.39, 0.29) is 17.9 Å². The van der Waals surface area contributed by atoms with Crippen molar-refractivity contribution < 1.29 is 12.8 Å². The number of piperidine rings is 1. The van der Waals surface area contributed by atoms with E-state index in [1.165, 1.54) is 37.1 Å². The predicted molar refractivity (Wildman–Crippen MR) is 98.4 cm³/mol. The smallest absolute Gasteiger partial charge is 0.216 e. The third-order valence-electron chi connectivity index (χ3n) is 4.46. The molecule has 1 aliphatic heterocycles. The number of rotatable bonds is 6. The zero-order valence-corrected chi connectivity index (χ0v) is 14.9. The minimum atomic E-state index is -3.59. The number of nitrogens with one attached hydrogen (secondary N) is 1. The number of anilines is 1. The van der Waals surface area contributed by atoms with Crippen LogP contribution < -0.4 is 9.62 Å². The average Bonchev–Trinajstić information content (AvgIpc) is 2.63. The van der Waals surface area contributed by atoms with Crippen LogP contribution in [-0.2, 0) is 22.3 Å². The fourth-order valence-electron chi connectivity index (χ4n) is 3.04. The minimum Gasteiger partial charge on any atom is -0.372 e. The summed E-state index contributed by atoms with van der Waals surface area (Å²) in [4.78, 5) is 2.36. The van der Waals surface area contributed by atoms with Gasteiger partial charge in [0.15, 0.2) is 0 Å². The Morgan fingerprint density at radius 1 is 0.960 bits per heavy atom. The lowest BCUT2D eigenvalue weighted by molar-refractivity contribution is 0.574. The van der Waals surface area contributed by atoms with Crippen molar-refractivity contribution in [1.29, 1.82) is 0 Å². The molecule has 1 fully saturated rings. The SMILES string of the molecule is O=S(=O)(Cc1ccccc1F)NCc1ccc(N2CCCCC2)cc1. The molecule has 0 bridgehead atoms. The highest BCUT2D eigenvalue weighted by Gasteiger charge is 2.14. The Kier molecular flexibility index (Phi) is 5.71. The Labute approximate surface area is 148 Å². The molecule has 4 nitrogen and oxygen atoms in total. The lowest BCUT2D eigenvalue weighted by Gasteiger charge is -2.28. The van der Waals surface area contributed by atoms with E-state index >= 15 is 0 Å². The maximum absolute atomic E-state index is 13.6. The van der Waals surface area contributed by atoms with Gasteiger partial charge in [0.05, 0.1) is 5.75 Å². The molecule has 25 heavy (non-hydrogen) atoms. The van der Waals surface area contributed by atoms with Gasteiger partial charge in [-0.2, -0.15) is 0 Å². The van der Waals surface area contributed by atoms with Crippen LogP contribution in [0.1, 0.15) is 30.4 Å². The first kappa shape index (κ1) is 17.9. The third kappa shape index (κ3) is 5.03. The van der Waals surface area contributed by atoms with E-state index in [2.05, 4.69) is 9.62 Å². The maximum Gasteiger partial charge on any atom is 0.216 e. The van der Waals surface area contributed by atoms with Crippen LogP contribution in [0.25, 0.3) is 0 Å². The minimum absolute atomic E-state index is 0.176. The monoisotopic (exact) mass is 362 g/mol. The molecule has 2 aromatic carbocycles. The van der Waals surface area contributed by atoms with E-state index < -0.39 is 15.8 Å². The van der Waals surface area contributed by atoms with Gasteiger partial charge < -0.3 is 4.90 Å². The predicted octanol–water partition coefficient (Wildman–Crippen LogP) is 3.44. The van der Waals surface area contributed by atoms with E-state index in [9.17, 15) is 12.8 Å².